The number of hydrogen-bond donors (Lipinski definition) is 2. The highest BCUT2D eigenvalue weighted by Crippen LogP contribution is 2.52. The molecule has 1 aromatic heterocycles. The molecule has 206 valence electrons. The Labute approximate surface area is 233 Å². The molecule has 2 aromatic rings. The highest BCUT2D eigenvalue weighted by molar-refractivity contribution is 7.91. The van der Waals surface area contributed by atoms with Gasteiger partial charge in [-0.25, -0.2) is 13.1 Å². The number of rotatable bonds is 10. The zero-order chi connectivity index (χ0) is 27.9. The van der Waals surface area contributed by atoms with Gasteiger partial charge >= 0.3 is 5.97 Å². The van der Waals surface area contributed by atoms with Gasteiger partial charge in [0.25, 0.3) is 0 Å². The maximum Gasteiger partial charge on any atom is 0.304 e. The minimum atomic E-state index is -3.58. The van der Waals surface area contributed by atoms with Crippen molar-refractivity contribution in [1.82, 2.24) is 14.6 Å². The first-order valence-corrected chi connectivity index (χ1v) is 14.9. The van der Waals surface area contributed by atoms with Gasteiger partial charge in [0, 0.05) is 35.9 Å². The lowest BCUT2D eigenvalue weighted by atomic mass is 9.67. The van der Waals surface area contributed by atoms with E-state index in [2.05, 4.69) is 9.71 Å². The van der Waals surface area contributed by atoms with Crippen molar-refractivity contribution in [3.8, 4) is 0 Å². The maximum atomic E-state index is 14.2. The van der Waals surface area contributed by atoms with E-state index in [1.165, 1.54) is 6.20 Å². The minimum Gasteiger partial charge on any atom is -0.481 e. The van der Waals surface area contributed by atoms with Crippen LogP contribution in [-0.4, -0.2) is 52.6 Å². The van der Waals surface area contributed by atoms with Crippen molar-refractivity contribution in [2.45, 2.75) is 75.6 Å². The normalized spacial score (nSPS) is 25.7. The summed E-state index contributed by atoms with van der Waals surface area (Å²) < 4.78 is 27.9. The number of nitrogens with zero attached hydrogens (tertiary/aromatic N) is 2. The average molecular weight is 583 g/mol. The predicted octanol–water partition coefficient (Wildman–Crippen LogP) is 5.18. The number of hydrogen-bond acceptors (Lipinski definition) is 5. The highest BCUT2D eigenvalue weighted by Gasteiger charge is 2.53. The molecule has 0 radical (unpaired) electrons. The number of carbonyl (C=O) groups is 2. The van der Waals surface area contributed by atoms with Crippen molar-refractivity contribution in [3.63, 3.8) is 0 Å². The first-order chi connectivity index (χ1) is 17.8. The van der Waals surface area contributed by atoms with Crippen molar-refractivity contribution in [2.75, 3.05) is 6.54 Å². The first-order valence-electron chi connectivity index (χ1n) is 12.7. The topological polar surface area (TPSA) is 117 Å². The zero-order valence-electron chi connectivity index (χ0n) is 21.7. The predicted molar refractivity (Wildman–Crippen MR) is 147 cm³/mol. The van der Waals surface area contributed by atoms with Gasteiger partial charge in [-0.05, 0) is 61.9 Å². The van der Waals surface area contributed by atoms with Gasteiger partial charge in [0.15, 0.2) is 0 Å². The number of sulfonamides is 1. The lowest BCUT2D eigenvalue weighted by Crippen LogP contribution is -2.58. The molecule has 1 aliphatic heterocycles. The number of likely N-dealkylation sites (tertiary alicyclic amines) is 1. The van der Waals surface area contributed by atoms with Crippen molar-refractivity contribution in [3.05, 3.63) is 63.9 Å². The van der Waals surface area contributed by atoms with E-state index in [9.17, 15) is 23.1 Å². The summed E-state index contributed by atoms with van der Waals surface area (Å²) in [6.07, 6.45) is 4.74. The molecule has 2 aliphatic rings. The Morgan fingerprint density at radius 1 is 1.16 bits per heavy atom. The Morgan fingerprint density at radius 3 is 2.37 bits per heavy atom. The Kier molecular flexibility index (Phi) is 8.15. The van der Waals surface area contributed by atoms with Crippen LogP contribution in [0.5, 0.6) is 0 Å². The fourth-order valence-electron chi connectivity index (χ4n) is 5.44. The van der Waals surface area contributed by atoms with Crippen LogP contribution in [0.2, 0.25) is 10.0 Å². The van der Waals surface area contributed by atoms with E-state index >= 15 is 0 Å². The number of aromatic nitrogens is 1. The molecule has 1 saturated heterocycles. The Balaban J connectivity index is 1.83. The summed E-state index contributed by atoms with van der Waals surface area (Å²) in [5.74, 6) is -1.75. The lowest BCUT2D eigenvalue weighted by molar-refractivity contribution is -0.160. The molecule has 38 heavy (non-hydrogen) atoms. The number of carboxylic acids is 1. The van der Waals surface area contributed by atoms with Crippen LogP contribution < -0.4 is 4.72 Å². The molecule has 1 saturated carbocycles. The summed E-state index contributed by atoms with van der Waals surface area (Å²) in [5, 5.41) is 10.7. The molecule has 11 heteroatoms. The smallest absolute Gasteiger partial charge is 0.304 e. The van der Waals surface area contributed by atoms with Crippen LogP contribution >= 0.6 is 23.2 Å². The number of amides is 1. The number of pyridine rings is 1. The second-order valence-electron chi connectivity index (χ2n) is 11.0. The molecule has 4 atom stereocenters. The average Bonchev–Trinajstić information content (AvgIpc) is 3.61. The van der Waals surface area contributed by atoms with E-state index in [4.69, 9.17) is 23.2 Å². The molecule has 1 amide bonds. The molecule has 1 aromatic carbocycles. The van der Waals surface area contributed by atoms with Crippen LogP contribution in [0.15, 0.2) is 42.7 Å². The van der Waals surface area contributed by atoms with Crippen LogP contribution in [0.4, 0.5) is 0 Å². The number of carbonyl (C=O) groups excluding carboxylic acids is 1. The van der Waals surface area contributed by atoms with Crippen molar-refractivity contribution >= 4 is 45.1 Å². The van der Waals surface area contributed by atoms with E-state index in [1.54, 1.807) is 43.1 Å². The molecule has 2 heterocycles. The molecule has 0 bridgehead atoms. The number of halogens is 2. The molecule has 8 nitrogen and oxygen atoms in total. The number of piperidine rings is 1. The molecule has 1 aliphatic carbocycles. The van der Waals surface area contributed by atoms with E-state index in [0.29, 0.717) is 29.3 Å². The monoisotopic (exact) mass is 581 g/mol. The standard InChI is InChI=1S/C27H33Cl2N3O5S/c1-4-21(16-31-38(36,37)27(3)9-10-27)32-24(17-5-7-19(28)8-6-17)22(18-11-20(29)15-30-14-18)12-26(2,25(32)35)13-23(33)34/h5-8,11,14-15,21-22,24,31H,4,9-10,12-13,16H2,1-3H3,(H,33,34)/t21-,22+,24+,26+/m0/s1. The summed E-state index contributed by atoms with van der Waals surface area (Å²) in [5.41, 5.74) is 0.351. The minimum absolute atomic E-state index is 0.0217. The number of nitrogens with one attached hydrogen (secondary N) is 1. The quantitative estimate of drug-likeness (QED) is 0.399. The van der Waals surface area contributed by atoms with Gasteiger partial charge < -0.3 is 10.0 Å². The molecule has 0 spiro atoms. The van der Waals surface area contributed by atoms with Crippen LogP contribution in [0.1, 0.15) is 76.0 Å². The van der Waals surface area contributed by atoms with Crippen molar-refractivity contribution < 1.29 is 23.1 Å². The summed E-state index contributed by atoms with van der Waals surface area (Å²) in [6.45, 7) is 5.30. The van der Waals surface area contributed by atoms with E-state index in [0.717, 1.165) is 11.1 Å². The molecule has 0 unspecified atom stereocenters. The van der Waals surface area contributed by atoms with Crippen molar-refractivity contribution in [2.24, 2.45) is 5.41 Å². The van der Waals surface area contributed by atoms with Crippen LogP contribution in [0, 0.1) is 5.41 Å². The molecule has 2 N–H and O–H groups in total. The first kappa shape index (κ1) is 28.8. The fourth-order valence-corrected chi connectivity index (χ4v) is 7.15. The van der Waals surface area contributed by atoms with Gasteiger partial charge in [-0.3, -0.25) is 14.6 Å². The summed E-state index contributed by atoms with van der Waals surface area (Å²) in [6, 6.07) is 7.93. The zero-order valence-corrected chi connectivity index (χ0v) is 24.0. The number of carboxylic acid groups (broad SMARTS) is 1. The Hall–Kier alpha value is -2.20. The molecule has 2 fully saturated rings. The SMILES string of the molecule is CC[C@@H](CNS(=O)(=O)C1(C)CC1)N1C(=O)[C@@](C)(CC(=O)O)C[C@H](c2cncc(Cl)c2)[C@H]1c1ccc(Cl)cc1. The summed E-state index contributed by atoms with van der Waals surface area (Å²) in [7, 11) is -3.58. The third-order valence-corrected chi connectivity index (χ3v) is 10.7. The second-order valence-corrected chi connectivity index (χ2v) is 14.1. The molecular weight excluding hydrogens is 549 g/mol. The fraction of sp³-hybridized carbons (Fsp3) is 0.519. The number of benzene rings is 1. The van der Waals surface area contributed by atoms with Crippen LogP contribution in [-0.2, 0) is 19.6 Å². The molecule has 4 rings (SSSR count). The lowest BCUT2D eigenvalue weighted by Gasteiger charge is -2.51. The number of aliphatic carboxylic acids is 1. The van der Waals surface area contributed by atoms with Gasteiger partial charge in [-0.15, -0.1) is 0 Å². The highest BCUT2D eigenvalue weighted by atomic mass is 35.5. The largest absolute Gasteiger partial charge is 0.481 e. The van der Waals surface area contributed by atoms with Gasteiger partial charge in [0.2, 0.25) is 15.9 Å². The second kappa shape index (κ2) is 10.8. The third-order valence-electron chi connectivity index (χ3n) is 7.99. The van der Waals surface area contributed by atoms with Gasteiger partial charge in [-0.1, -0.05) is 49.2 Å². The Bertz CT molecular complexity index is 1320. The van der Waals surface area contributed by atoms with Crippen LogP contribution in [0.3, 0.4) is 0 Å². The van der Waals surface area contributed by atoms with E-state index in [-0.39, 0.29) is 31.2 Å². The van der Waals surface area contributed by atoms with E-state index < -0.39 is 38.2 Å². The summed E-state index contributed by atoms with van der Waals surface area (Å²) >= 11 is 12.5. The summed E-state index contributed by atoms with van der Waals surface area (Å²) in [4.78, 5) is 32.1. The van der Waals surface area contributed by atoms with Crippen molar-refractivity contribution in [1.29, 1.82) is 0 Å². The van der Waals surface area contributed by atoms with Gasteiger partial charge in [0.05, 0.1) is 27.6 Å². The van der Waals surface area contributed by atoms with E-state index in [1.807, 2.05) is 19.1 Å². The van der Waals surface area contributed by atoms with Crippen LogP contribution in [0.25, 0.3) is 0 Å². The maximum absolute atomic E-state index is 14.2. The molecular formula is C27H33Cl2N3O5S. The Morgan fingerprint density at radius 2 is 1.82 bits per heavy atom. The van der Waals surface area contributed by atoms with Gasteiger partial charge in [-0.2, -0.15) is 0 Å². The third kappa shape index (κ3) is 5.71. The van der Waals surface area contributed by atoms with Gasteiger partial charge in [0.1, 0.15) is 0 Å².